The van der Waals surface area contributed by atoms with Crippen molar-refractivity contribution in [2.45, 2.75) is 18.9 Å². The summed E-state index contributed by atoms with van der Waals surface area (Å²) in [6.07, 6.45) is 0. The van der Waals surface area contributed by atoms with Gasteiger partial charge in [0.2, 0.25) is 0 Å². The van der Waals surface area contributed by atoms with Crippen LogP contribution in [-0.4, -0.2) is 17.3 Å². The molecule has 0 spiro atoms. The van der Waals surface area contributed by atoms with Gasteiger partial charge in [0.05, 0.1) is 10.7 Å². The molecule has 0 fully saturated rings. The van der Waals surface area contributed by atoms with Gasteiger partial charge in [-0.2, -0.15) is 0 Å². The largest absolute Gasteiger partial charge is 0.382 e. The number of halogens is 1. The van der Waals surface area contributed by atoms with Crippen molar-refractivity contribution >= 4 is 17.4 Å². The van der Waals surface area contributed by atoms with Crippen molar-refractivity contribution < 1.29 is 4.39 Å². The molecule has 0 aliphatic carbocycles. The molecule has 2 rings (SSSR count). The second-order valence-corrected chi connectivity index (χ2v) is 5.49. The molecule has 0 aliphatic heterocycles. The molecule has 1 aromatic carbocycles. The van der Waals surface area contributed by atoms with E-state index in [1.54, 1.807) is 23.9 Å². The first-order chi connectivity index (χ1) is 9.15. The van der Waals surface area contributed by atoms with E-state index in [0.29, 0.717) is 12.2 Å². The van der Waals surface area contributed by atoms with Gasteiger partial charge in [0.15, 0.2) is 0 Å². The number of aromatic nitrogens is 1. The van der Waals surface area contributed by atoms with Crippen LogP contribution in [0.15, 0.2) is 41.4 Å². The lowest BCUT2D eigenvalue weighted by Crippen LogP contribution is -2.05. The Labute approximate surface area is 117 Å². The molecule has 0 saturated carbocycles. The monoisotopic (exact) mass is 276 g/mol. The molecule has 0 amide bonds. The Morgan fingerprint density at radius 1 is 1.21 bits per heavy atom. The summed E-state index contributed by atoms with van der Waals surface area (Å²) >= 11 is 1.68. The number of nitrogens with one attached hydrogen (secondary N) is 1. The van der Waals surface area contributed by atoms with Crippen LogP contribution in [0.4, 0.5) is 10.1 Å². The summed E-state index contributed by atoms with van der Waals surface area (Å²) in [5.74, 6) is 0.640. The zero-order valence-corrected chi connectivity index (χ0v) is 11.9. The Balaban J connectivity index is 1.82. The van der Waals surface area contributed by atoms with E-state index in [1.807, 2.05) is 13.0 Å². The molecular formula is C15H17FN2S. The summed E-state index contributed by atoms with van der Waals surface area (Å²) in [4.78, 5) is 4.46. The molecule has 1 heterocycles. The molecule has 1 aromatic heterocycles. The Bertz CT molecular complexity index is 537. The average molecular weight is 276 g/mol. The maximum absolute atomic E-state index is 13.4. The maximum Gasteiger partial charge on any atom is 0.146 e. The number of hydrogen-bond donors (Lipinski definition) is 1. The highest BCUT2D eigenvalue weighted by Crippen LogP contribution is 2.18. The number of nitrogens with zero attached hydrogens (tertiary/aromatic N) is 1. The van der Waals surface area contributed by atoms with Crippen LogP contribution in [0.5, 0.6) is 0 Å². The standard InChI is InChI=1S/C15H17FN2S/c1-11-9-12(2)18-15(10-11)19-8-7-17-14-6-4-3-5-13(14)16/h3-6,9-10,17H,7-8H2,1-2H3. The van der Waals surface area contributed by atoms with E-state index >= 15 is 0 Å². The smallest absolute Gasteiger partial charge is 0.146 e. The lowest BCUT2D eigenvalue weighted by Gasteiger charge is -2.07. The molecule has 0 aliphatic rings. The van der Waals surface area contributed by atoms with Gasteiger partial charge in [0, 0.05) is 18.0 Å². The highest BCUT2D eigenvalue weighted by Gasteiger charge is 2.01. The van der Waals surface area contributed by atoms with E-state index in [9.17, 15) is 4.39 Å². The molecule has 2 nitrogen and oxygen atoms in total. The molecule has 2 aromatic rings. The second kappa shape index (κ2) is 6.57. The molecule has 0 unspecified atom stereocenters. The van der Waals surface area contributed by atoms with Gasteiger partial charge in [0.25, 0.3) is 0 Å². The fourth-order valence-corrected chi connectivity index (χ4v) is 2.72. The van der Waals surface area contributed by atoms with Gasteiger partial charge in [-0.1, -0.05) is 12.1 Å². The molecule has 0 atom stereocenters. The number of thioether (sulfide) groups is 1. The fourth-order valence-electron chi connectivity index (χ4n) is 1.82. The number of aryl methyl sites for hydroxylation is 2. The van der Waals surface area contributed by atoms with Crippen LogP contribution < -0.4 is 5.32 Å². The third-order valence-corrected chi connectivity index (χ3v) is 3.53. The Hall–Kier alpha value is -1.55. The molecule has 1 N–H and O–H groups in total. The predicted molar refractivity (Wildman–Crippen MR) is 79.3 cm³/mol. The predicted octanol–water partition coefficient (Wildman–Crippen LogP) is 4.04. The molecular weight excluding hydrogens is 259 g/mol. The van der Waals surface area contributed by atoms with Crippen LogP contribution in [0, 0.1) is 19.7 Å². The summed E-state index contributed by atoms with van der Waals surface area (Å²) < 4.78 is 13.4. The van der Waals surface area contributed by atoms with Crippen LogP contribution >= 0.6 is 11.8 Å². The van der Waals surface area contributed by atoms with Crippen molar-refractivity contribution in [2.75, 3.05) is 17.6 Å². The fraction of sp³-hybridized carbons (Fsp3) is 0.267. The first-order valence-corrected chi connectivity index (χ1v) is 7.20. The third-order valence-electron chi connectivity index (χ3n) is 2.62. The number of pyridine rings is 1. The first kappa shape index (κ1) is 13.9. The van der Waals surface area contributed by atoms with E-state index < -0.39 is 0 Å². The minimum atomic E-state index is -0.211. The Morgan fingerprint density at radius 3 is 2.74 bits per heavy atom. The van der Waals surface area contributed by atoms with Gasteiger partial charge in [-0.25, -0.2) is 9.37 Å². The summed E-state index contributed by atoms with van der Waals surface area (Å²) in [5, 5.41) is 4.11. The minimum Gasteiger partial charge on any atom is -0.382 e. The van der Waals surface area contributed by atoms with Crippen molar-refractivity contribution in [3.8, 4) is 0 Å². The lowest BCUT2D eigenvalue weighted by molar-refractivity contribution is 0.630. The zero-order valence-electron chi connectivity index (χ0n) is 11.1. The quantitative estimate of drug-likeness (QED) is 0.659. The van der Waals surface area contributed by atoms with Crippen molar-refractivity contribution in [3.05, 3.63) is 53.5 Å². The van der Waals surface area contributed by atoms with E-state index in [0.717, 1.165) is 16.5 Å². The highest BCUT2D eigenvalue weighted by molar-refractivity contribution is 7.99. The van der Waals surface area contributed by atoms with Crippen molar-refractivity contribution in [1.82, 2.24) is 4.98 Å². The second-order valence-electron chi connectivity index (χ2n) is 4.38. The zero-order chi connectivity index (χ0) is 13.7. The van der Waals surface area contributed by atoms with E-state index in [4.69, 9.17) is 0 Å². The molecule has 100 valence electrons. The summed E-state index contributed by atoms with van der Waals surface area (Å²) in [6.45, 7) is 4.77. The van der Waals surface area contributed by atoms with Gasteiger partial charge in [-0.3, -0.25) is 0 Å². The Kier molecular flexibility index (Phi) is 4.80. The van der Waals surface area contributed by atoms with Gasteiger partial charge < -0.3 is 5.32 Å². The Morgan fingerprint density at radius 2 is 2.00 bits per heavy atom. The number of benzene rings is 1. The summed E-state index contributed by atoms with van der Waals surface area (Å²) in [5.41, 5.74) is 2.80. The van der Waals surface area contributed by atoms with Gasteiger partial charge in [0.1, 0.15) is 5.82 Å². The van der Waals surface area contributed by atoms with E-state index in [-0.39, 0.29) is 5.82 Å². The molecule has 4 heteroatoms. The first-order valence-electron chi connectivity index (χ1n) is 6.21. The summed E-state index contributed by atoms with van der Waals surface area (Å²) in [6, 6.07) is 10.8. The normalized spacial score (nSPS) is 10.5. The maximum atomic E-state index is 13.4. The van der Waals surface area contributed by atoms with Gasteiger partial charge >= 0.3 is 0 Å². The van der Waals surface area contributed by atoms with Gasteiger partial charge in [-0.15, -0.1) is 11.8 Å². The third kappa shape index (κ3) is 4.24. The van der Waals surface area contributed by atoms with Crippen LogP contribution in [0.3, 0.4) is 0 Å². The van der Waals surface area contributed by atoms with Crippen molar-refractivity contribution in [3.63, 3.8) is 0 Å². The number of para-hydroxylation sites is 1. The lowest BCUT2D eigenvalue weighted by atomic mass is 10.3. The van der Waals surface area contributed by atoms with Crippen LogP contribution in [0.2, 0.25) is 0 Å². The average Bonchev–Trinajstić information content (AvgIpc) is 2.35. The van der Waals surface area contributed by atoms with Crippen molar-refractivity contribution in [2.24, 2.45) is 0 Å². The minimum absolute atomic E-state index is 0.211. The molecule has 0 bridgehead atoms. The van der Waals surface area contributed by atoms with E-state index in [1.165, 1.54) is 11.6 Å². The van der Waals surface area contributed by atoms with Crippen LogP contribution in [0.25, 0.3) is 0 Å². The highest BCUT2D eigenvalue weighted by atomic mass is 32.2. The van der Waals surface area contributed by atoms with Crippen molar-refractivity contribution in [1.29, 1.82) is 0 Å². The molecule has 0 radical (unpaired) electrons. The number of rotatable bonds is 5. The van der Waals surface area contributed by atoms with Gasteiger partial charge in [-0.05, 0) is 43.7 Å². The summed E-state index contributed by atoms with van der Waals surface area (Å²) in [7, 11) is 0. The van der Waals surface area contributed by atoms with Crippen LogP contribution in [-0.2, 0) is 0 Å². The van der Waals surface area contributed by atoms with E-state index in [2.05, 4.69) is 29.4 Å². The number of hydrogen-bond acceptors (Lipinski definition) is 3. The SMILES string of the molecule is Cc1cc(C)nc(SCCNc2ccccc2F)c1. The number of anilines is 1. The molecule has 0 saturated heterocycles. The topological polar surface area (TPSA) is 24.9 Å². The van der Waals surface area contributed by atoms with Crippen LogP contribution in [0.1, 0.15) is 11.3 Å². The molecule has 19 heavy (non-hydrogen) atoms.